The minimum absolute atomic E-state index is 0.00895. The summed E-state index contributed by atoms with van der Waals surface area (Å²) in [6.45, 7) is -0.00736. The Morgan fingerprint density at radius 2 is 1.46 bits per heavy atom. The number of guanidine groups is 1. The van der Waals surface area contributed by atoms with Crippen LogP contribution in [0.5, 0.6) is 0 Å². The van der Waals surface area contributed by atoms with E-state index in [-0.39, 0.29) is 25.3 Å². The molecule has 1 rings (SSSR count). The zero-order valence-corrected chi connectivity index (χ0v) is 23.4. The molecule has 41 heavy (non-hydrogen) atoms. The fourth-order valence-corrected chi connectivity index (χ4v) is 3.89. The van der Waals surface area contributed by atoms with Gasteiger partial charge in [0.05, 0.1) is 26.2 Å². The first kappa shape index (κ1) is 34.9. The number of unbranched alkanes of at least 4 members (excludes halogenated alkanes) is 1. The van der Waals surface area contributed by atoms with Crippen molar-refractivity contribution in [1.29, 1.82) is 0 Å². The number of nitrogens with two attached hydrogens (primary N) is 2. The third-order valence-electron chi connectivity index (χ3n) is 6.13. The molecule has 0 aromatic heterocycles. The SMILES string of the molecule is NC(N)=[NH+]CCC[C@H](NC(=O)[C@@H]([NH3+])Cc1ccccc1)C(=O)N[C@@H](CO)C(=O)N[C@@H](CCCC[NH3+])C(=O)NCC=O. The maximum absolute atomic E-state index is 13.2. The summed E-state index contributed by atoms with van der Waals surface area (Å²) in [6, 6.07) is 5.15. The van der Waals surface area contributed by atoms with Crippen molar-refractivity contribution in [3.63, 3.8) is 0 Å². The number of nitrogens with one attached hydrogen (secondary N) is 5. The predicted molar refractivity (Wildman–Crippen MR) is 149 cm³/mol. The highest BCUT2D eigenvalue weighted by Gasteiger charge is 2.30. The summed E-state index contributed by atoms with van der Waals surface area (Å²) in [7, 11) is 0. The van der Waals surface area contributed by atoms with Gasteiger partial charge in [0.15, 0.2) is 6.04 Å². The van der Waals surface area contributed by atoms with Crippen LogP contribution in [-0.2, 0) is 30.4 Å². The van der Waals surface area contributed by atoms with E-state index in [2.05, 4.69) is 37.7 Å². The quantitative estimate of drug-likeness (QED) is 0.0305. The molecule has 15 nitrogen and oxygen atoms in total. The number of amides is 4. The first-order chi connectivity index (χ1) is 19.6. The smallest absolute Gasteiger partial charge is 0.338 e. The Hall–Kier alpha value is -4.08. The van der Waals surface area contributed by atoms with Gasteiger partial charge in [-0.25, -0.2) is 0 Å². The Morgan fingerprint density at radius 3 is 2.07 bits per heavy atom. The van der Waals surface area contributed by atoms with E-state index in [1.54, 1.807) is 0 Å². The first-order valence-electron chi connectivity index (χ1n) is 13.6. The largest absolute Gasteiger partial charge is 0.394 e. The van der Waals surface area contributed by atoms with Crippen LogP contribution < -0.4 is 49.2 Å². The maximum Gasteiger partial charge on any atom is 0.338 e. The van der Waals surface area contributed by atoms with Crippen LogP contribution in [0.2, 0.25) is 0 Å². The number of hydrogen-bond acceptors (Lipinski definition) is 6. The third kappa shape index (κ3) is 14.2. The van der Waals surface area contributed by atoms with E-state index < -0.39 is 54.4 Å². The van der Waals surface area contributed by atoms with Crippen LogP contribution in [0, 0.1) is 0 Å². The van der Waals surface area contributed by atoms with Gasteiger partial charge in [-0.2, -0.15) is 0 Å². The normalized spacial score (nSPS) is 13.5. The molecule has 0 saturated heterocycles. The lowest BCUT2D eigenvalue weighted by atomic mass is 10.0. The summed E-state index contributed by atoms with van der Waals surface area (Å²) < 4.78 is 0. The van der Waals surface area contributed by atoms with E-state index in [4.69, 9.17) is 11.5 Å². The molecule has 1 aromatic carbocycles. The van der Waals surface area contributed by atoms with E-state index in [1.807, 2.05) is 30.3 Å². The van der Waals surface area contributed by atoms with Crippen molar-refractivity contribution in [2.45, 2.75) is 62.7 Å². The molecule has 228 valence electrons. The molecule has 0 fully saturated rings. The molecule has 16 N–H and O–H groups in total. The van der Waals surface area contributed by atoms with Crippen molar-refractivity contribution in [3.05, 3.63) is 35.9 Å². The van der Waals surface area contributed by atoms with Gasteiger partial charge in [-0.05, 0) is 37.7 Å². The van der Waals surface area contributed by atoms with Gasteiger partial charge in [-0.15, -0.1) is 0 Å². The van der Waals surface area contributed by atoms with Gasteiger partial charge in [0.25, 0.3) is 5.91 Å². The Morgan fingerprint density at radius 1 is 0.878 bits per heavy atom. The number of rotatable bonds is 20. The summed E-state index contributed by atoms with van der Waals surface area (Å²) in [4.78, 5) is 64.9. The summed E-state index contributed by atoms with van der Waals surface area (Å²) in [5, 5.41) is 19.9. The zero-order valence-electron chi connectivity index (χ0n) is 23.4. The molecule has 4 atom stereocenters. The summed E-state index contributed by atoms with van der Waals surface area (Å²) >= 11 is 0. The molecule has 15 heteroatoms. The number of hydrogen-bond donors (Lipinski definition) is 10. The molecule has 0 saturated carbocycles. The molecular formula is C26H46N9O6+3. The number of quaternary nitrogens is 2. The zero-order chi connectivity index (χ0) is 30.6. The van der Waals surface area contributed by atoms with Crippen LogP contribution >= 0.6 is 0 Å². The molecular weight excluding hydrogens is 534 g/mol. The molecule has 0 aliphatic carbocycles. The summed E-state index contributed by atoms with van der Waals surface area (Å²) in [5.74, 6) is -2.52. The monoisotopic (exact) mass is 580 g/mol. The third-order valence-corrected chi connectivity index (χ3v) is 6.13. The molecule has 0 heterocycles. The van der Waals surface area contributed by atoms with Crippen LogP contribution in [0.4, 0.5) is 0 Å². The minimum Gasteiger partial charge on any atom is -0.394 e. The van der Waals surface area contributed by atoms with Crippen LogP contribution in [0.25, 0.3) is 0 Å². The second-order valence-electron chi connectivity index (χ2n) is 9.54. The van der Waals surface area contributed by atoms with Crippen molar-refractivity contribution in [2.24, 2.45) is 11.5 Å². The average Bonchev–Trinajstić information content (AvgIpc) is 2.95. The number of aliphatic hydroxyl groups is 1. The standard InChI is InChI=1S/C26H43N9O6/c27-11-5-4-9-19(23(39)31-13-14-36)34-25(41)21(16-37)35-24(40)20(10-6-12-32-26(29)30)33-22(38)18(28)15-17-7-2-1-3-8-17/h1-3,7-8,14,18-21,37H,4-6,9-13,15-16,27-28H2,(H,31,39)(H,33,38)(H,34,41)(H,35,40)(H4,29,30,32)/p+3/t18-,19-,20-,21-/m0/s1. The Balaban J connectivity index is 2.94. The molecule has 4 amide bonds. The van der Waals surface area contributed by atoms with Gasteiger partial charge in [0.1, 0.15) is 24.4 Å². The highest BCUT2D eigenvalue weighted by molar-refractivity contribution is 5.94. The van der Waals surface area contributed by atoms with Crippen molar-refractivity contribution in [2.75, 3.05) is 26.2 Å². The van der Waals surface area contributed by atoms with Crippen molar-refractivity contribution >= 4 is 35.9 Å². The number of carbonyl (C=O) groups is 5. The van der Waals surface area contributed by atoms with Crippen LogP contribution in [0.1, 0.15) is 37.7 Å². The fourth-order valence-electron chi connectivity index (χ4n) is 3.89. The van der Waals surface area contributed by atoms with E-state index >= 15 is 0 Å². The van der Waals surface area contributed by atoms with Gasteiger partial charge in [-0.3, -0.25) is 35.6 Å². The van der Waals surface area contributed by atoms with E-state index in [0.717, 1.165) is 12.0 Å². The van der Waals surface area contributed by atoms with Crippen molar-refractivity contribution < 1.29 is 45.5 Å². The second kappa shape index (κ2) is 19.9. The Bertz CT molecular complexity index is 1000. The molecule has 0 unspecified atom stereocenters. The van der Waals surface area contributed by atoms with Crippen LogP contribution in [0.3, 0.4) is 0 Å². The van der Waals surface area contributed by atoms with Gasteiger partial charge < -0.3 is 42.6 Å². The fraction of sp³-hybridized carbons (Fsp3) is 0.538. The Labute approximate surface area is 239 Å². The maximum atomic E-state index is 13.2. The van der Waals surface area contributed by atoms with Gasteiger partial charge in [0.2, 0.25) is 17.7 Å². The predicted octanol–water partition coefficient (Wildman–Crippen LogP) is -6.85. The molecule has 0 aliphatic rings. The first-order valence-corrected chi connectivity index (χ1v) is 13.6. The van der Waals surface area contributed by atoms with Crippen LogP contribution in [-0.4, -0.2) is 91.4 Å². The topological polar surface area (TPSA) is 275 Å². The summed E-state index contributed by atoms with van der Waals surface area (Å²) in [6.07, 6.45) is 3.00. The van der Waals surface area contributed by atoms with Crippen molar-refractivity contribution in [1.82, 2.24) is 21.3 Å². The molecule has 1 aromatic rings. The lowest BCUT2D eigenvalue weighted by Gasteiger charge is -2.24. The lowest BCUT2D eigenvalue weighted by molar-refractivity contribution is -0.459. The number of benzene rings is 1. The van der Waals surface area contributed by atoms with E-state index in [0.29, 0.717) is 38.6 Å². The van der Waals surface area contributed by atoms with E-state index in [1.165, 1.54) is 0 Å². The van der Waals surface area contributed by atoms with E-state index in [9.17, 15) is 29.1 Å². The Kier molecular flexibility index (Phi) is 17.0. The highest BCUT2D eigenvalue weighted by atomic mass is 16.3. The summed E-state index contributed by atoms with van der Waals surface area (Å²) in [5.41, 5.74) is 19.4. The van der Waals surface area contributed by atoms with Gasteiger partial charge in [-0.1, -0.05) is 30.3 Å². The van der Waals surface area contributed by atoms with Gasteiger partial charge >= 0.3 is 5.96 Å². The van der Waals surface area contributed by atoms with Gasteiger partial charge in [0, 0.05) is 6.42 Å². The molecule has 0 radical (unpaired) electrons. The molecule has 0 spiro atoms. The minimum atomic E-state index is -1.40. The van der Waals surface area contributed by atoms with Crippen LogP contribution in [0.15, 0.2) is 30.3 Å². The molecule has 0 aliphatic heterocycles. The average molecular weight is 581 g/mol. The number of aliphatic hydroxyl groups excluding tert-OH is 1. The number of aldehydes is 1. The highest BCUT2D eigenvalue weighted by Crippen LogP contribution is 2.05. The number of carbonyl (C=O) groups excluding carboxylic acids is 5. The molecule has 0 bridgehead atoms. The second-order valence-corrected chi connectivity index (χ2v) is 9.54. The van der Waals surface area contributed by atoms with Crippen molar-refractivity contribution in [3.8, 4) is 0 Å². The lowest BCUT2D eigenvalue weighted by Crippen LogP contribution is -2.78.